The average molecular weight is 512 g/mol. The van der Waals surface area contributed by atoms with Crippen LogP contribution < -0.4 is 10.6 Å². The molecule has 0 aliphatic rings. The van der Waals surface area contributed by atoms with E-state index in [9.17, 15) is 14.4 Å². The average Bonchev–Trinajstić information content (AvgIpc) is 2.32. The molecule has 0 rings (SSSR count). The van der Waals surface area contributed by atoms with Gasteiger partial charge in [-0.05, 0) is 33.6 Å². The first-order chi connectivity index (χ1) is 9.65. The Bertz CT molecular complexity index is 374. The van der Waals surface area contributed by atoms with Gasteiger partial charge in [0.15, 0.2) is 0 Å². The number of carbonyl (C=O) groups is 3. The Labute approximate surface area is 149 Å². The summed E-state index contributed by atoms with van der Waals surface area (Å²) in [5.74, 6) is -1.23. The molecule has 0 aliphatic carbocycles. The maximum Gasteiger partial charge on any atom is 0.408 e. The fourth-order valence-electron chi connectivity index (χ4n) is 1.37. The van der Waals surface area contributed by atoms with Crippen molar-refractivity contribution in [2.75, 3.05) is 12.3 Å². The second kappa shape index (κ2) is 11.7. The fraction of sp³-hybridized carbons (Fsp3) is 0.769. The van der Waals surface area contributed by atoms with Crippen LogP contribution in [-0.4, -0.2) is 47.0 Å². The van der Waals surface area contributed by atoms with Crippen LogP contribution in [-0.2, 0) is 47.1 Å². The maximum atomic E-state index is 11.8. The Morgan fingerprint density at radius 2 is 1.82 bits per heavy atom. The number of ether oxygens (including phenoxy) is 1. The van der Waals surface area contributed by atoms with Crippen LogP contribution in [0.4, 0.5) is 4.79 Å². The van der Waals surface area contributed by atoms with Gasteiger partial charge in [0.2, 0.25) is 5.91 Å². The van der Waals surface area contributed by atoms with E-state index in [2.05, 4.69) is 10.6 Å². The van der Waals surface area contributed by atoms with Crippen LogP contribution in [0.15, 0.2) is 0 Å². The van der Waals surface area contributed by atoms with Gasteiger partial charge in [0, 0.05) is 33.1 Å². The Hall–Kier alpha value is -0.791. The summed E-state index contributed by atoms with van der Waals surface area (Å²) in [6, 6.07) is -0.839. The third-order valence-corrected chi connectivity index (χ3v) is 2.62. The third-order valence-electron chi connectivity index (χ3n) is 2.29. The predicted octanol–water partition coefficient (Wildman–Crippen LogP) is 0.795. The second-order valence-electron chi connectivity index (χ2n) is 5.51. The Morgan fingerprint density at radius 3 is 2.27 bits per heavy atom. The molecule has 0 aliphatic heterocycles. The fourth-order valence-corrected chi connectivity index (χ4v) is 1.60. The van der Waals surface area contributed by atoms with Crippen molar-refractivity contribution in [3.05, 3.63) is 0 Å². The summed E-state index contributed by atoms with van der Waals surface area (Å²) in [5, 5.41) is 13.5. The number of nitrogens with one attached hydrogen (secondary N) is 2. The van der Waals surface area contributed by atoms with Gasteiger partial charge in [-0.3, -0.25) is 9.59 Å². The molecule has 0 spiro atoms. The van der Waals surface area contributed by atoms with E-state index in [1.807, 2.05) is 0 Å². The van der Waals surface area contributed by atoms with Gasteiger partial charge in [-0.15, -0.1) is 5.75 Å². The Kier molecular flexibility index (Phi) is 12.5. The van der Waals surface area contributed by atoms with Crippen molar-refractivity contribution >= 4 is 30.6 Å². The third kappa shape index (κ3) is 12.9. The number of carbonyl (C=O) groups excluding carboxylic acids is 2. The van der Waals surface area contributed by atoms with Crippen LogP contribution in [0.5, 0.6) is 0 Å². The van der Waals surface area contributed by atoms with E-state index in [-0.39, 0.29) is 32.3 Å². The summed E-state index contributed by atoms with van der Waals surface area (Å²) >= 11 is 4.84. The minimum atomic E-state index is -0.864. The smallest absolute Gasteiger partial charge is 0.408 e. The normalized spacial score (nSPS) is 11.8. The van der Waals surface area contributed by atoms with Crippen LogP contribution >= 0.6 is 0 Å². The molecule has 0 bridgehead atoms. The molecule has 3 N–H and O–H groups in total. The van der Waals surface area contributed by atoms with Crippen LogP contribution in [0.25, 0.3) is 0 Å². The van der Waals surface area contributed by atoms with Gasteiger partial charge in [-0.1, -0.05) is 0 Å². The first kappa shape index (κ1) is 23.5. The number of hydrogen-bond acceptors (Lipinski definition) is 5. The number of unbranched alkanes of at least 4 members (excludes halogenated alkanes) is 1. The molecule has 131 valence electrons. The topological polar surface area (TPSA) is 105 Å². The van der Waals surface area contributed by atoms with Crippen molar-refractivity contribution in [1.82, 2.24) is 10.6 Å². The van der Waals surface area contributed by atoms with Crippen molar-refractivity contribution in [3.8, 4) is 0 Å². The van der Waals surface area contributed by atoms with Crippen LogP contribution in [0.2, 0.25) is 0 Å². The number of alkyl carbamates (subject to hydrolysis) is 1. The zero-order valence-corrected chi connectivity index (χ0v) is 16.1. The van der Waals surface area contributed by atoms with E-state index in [1.54, 1.807) is 20.8 Å². The van der Waals surface area contributed by atoms with Gasteiger partial charge in [-0.25, -0.2) is 4.79 Å². The monoisotopic (exact) mass is 512 g/mol. The maximum absolute atomic E-state index is 11.8. The minimum Gasteiger partial charge on any atom is -0.790 e. The standard InChI is InChI=1S/C13H24N2O5S.Ir/c1-13(2,3)20-12(19)15-9(8-21)11(18)14-7-5-4-6-10(16)17;/h9,21H,4-8H2,1-3H3,(H,14,18)(H,15,19)(H,16,17);/p-1. The molecule has 0 aromatic carbocycles. The SMILES string of the molecule is CC(C)(C)OC(=O)NC(C[S-])C(=O)NCCCCC(=O)O.[Ir]. The molecule has 0 heterocycles. The number of hydrogen-bond donors (Lipinski definition) is 3. The summed E-state index contributed by atoms with van der Waals surface area (Å²) in [4.78, 5) is 33.7. The minimum absolute atomic E-state index is 0. The van der Waals surface area contributed by atoms with Crippen molar-refractivity contribution in [2.45, 2.75) is 51.7 Å². The van der Waals surface area contributed by atoms with Crippen LogP contribution in [0.1, 0.15) is 40.0 Å². The Morgan fingerprint density at radius 1 is 1.23 bits per heavy atom. The quantitative estimate of drug-likeness (QED) is 0.329. The zero-order valence-electron chi connectivity index (χ0n) is 12.9. The van der Waals surface area contributed by atoms with Gasteiger partial charge in [0.1, 0.15) is 5.60 Å². The first-order valence-electron chi connectivity index (χ1n) is 6.73. The Balaban J connectivity index is 0. The van der Waals surface area contributed by atoms with Gasteiger partial charge in [0.05, 0.1) is 6.04 Å². The number of carboxylic acids is 1. The number of carboxylic acid groups (broad SMARTS) is 1. The summed E-state index contributed by atoms with van der Waals surface area (Å²) in [7, 11) is 0. The van der Waals surface area contributed by atoms with Gasteiger partial charge >= 0.3 is 12.1 Å². The van der Waals surface area contributed by atoms with Crippen molar-refractivity contribution in [1.29, 1.82) is 0 Å². The van der Waals surface area contributed by atoms with E-state index in [1.165, 1.54) is 0 Å². The summed E-state index contributed by atoms with van der Waals surface area (Å²) in [6.07, 6.45) is 0.400. The largest absolute Gasteiger partial charge is 0.790 e. The molecule has 0 fully saturated rings. The molecule has 1 atom stereocenters. The van der Waals surface area contributed by atoms with Crippen LogP contribution in [0, 0.1) is 0 Å². The molecule has 7 nitrogen and oxygen atoms in total. The second-order valence-corrected chi connectivity index (χ2v) is 5.84. The molecule has 0 saturated heterocycles. The summed E-state index contributed by atoms with van der Waals surface area (Å²) in [5.41, 5.74) is -0.649. The molecular weight excluding hydrogens is 488 g/mol. The van der Waals surface area contributed by atoms with E-state index in [4.69, 9.17) is 22.5 Å². The number of rotatable bonds is 8. The predicted molar refractivity (Wildman–Crippen MR) is 79.9 cm³/mol. The molecule has 1 unspecified atom stereocenters. The summed E-state index contributed by atoms with van der Waals surface area (Å²) in [6.45, 7) is 5.50. The zero-order chi connectivity index (χ0) is 16.5. The summed E-state index contributed by atoms with van der Waals surface area (Å²) < 4.78 is 5.05. The number of aliphatic carboxylic acids is 1. The van der Waals surface area contributed by atoms with E-state index in [0.717, 1.165) is 0 Å². The van der Waals surface area contributed by atoms with Gasteiger partial charge < -0.3 is 33.1 Å². The van der Waals surface area contributed by atoms with Crippen molar-refractivity contribution in [3.63, 3.8) is 0 Å². The molecule has 22 heavy (non-hydrogen) atoms. The van der Waals surface area contributed by atoms with E-state index in [0.29, 0.717) is 19.4 Å². The van der Waals surface area contributed by atoms with Gasteiger partial charge in [0.25, 0.3) is 0 Å². The van der Waals surface area contributed by atoms with Crippen LogP contribution in [0.3, 0.4) is 0 Å². The molecule has 2 amide bonds. The first-order valence-corrected chi connectivity index (χ1v) is 7.30. The van der Waals surface area contributed by atoms with Gasteiger partial charge in [-0.2, -0.15) is 0 Å². The van der Waals surface area contributed by atoms with Crippen molar-refractivity contribution in [2.24, 2.45) is 0 Å². The molecule has 9 heteroatoms. The van der Waals surface area contributed by atoms with E-state index >= 15 is 0 Å². The molecule has 0 aromatic heterocycles. The molecule has 0 saturated carbocycles. The molecule has 1 radical (unpaired) electrons. The molecular formula is C13H23IrN2O5S-. The van der Waals surface area contributed by atoms with E-state index < -0.39 is 29.6 Å². The molecule has 0 aromatic rings. The number of amides is 2. The van der Waals surface area contributed by atoms with Crippen molar-refractivity contribution < 1.29 is 44.3 Å².